The van der Waals surface area contributed by atoms with E-state index in [9.17, 15) is 23.5 Å². The molecule has 0 unspecified atom stereocenters. The SMILES string of the molecule is CN(Cc1c(Cl)ccc(C(=O)C2=C(O)CCCC2=O)c1Cl)CC(F)F. The first-order valence-corrected chi connectivity index (χ1v) is 8.41. The second kappa shape index (κ2) is 8.25. The molecule has 136 valence electrons. The van der Waals surface area contributed by atoms with Crippen LogP contribution in [0.1, 0.15) is 35.2 Å². The molecule has 1 N–H and O–H groups in total. The van der Waals surface area contributed by atoms with Gasteiger partial charge in [0.2, 0.25) is 5.78 Å². The van der Waals surface area contributed by atoms with E-state index in [-0.39, 0.29) is 46.3 Å². The fraction of sp³-hybridized carbons (Fsp3) is 0.412. The van der Waals surface area contributed by atoms with Gasteiger partial charge in [0.15, 0.2) is 5.78 Å². The smallest absolute Gasteiger partial charge is 0.251 e. The van der Waals surface area contributed by atoms with Crippen LogP contribution in [0.5, 0.6) is 0 Å². The molecule has 1 aromatic rings. The third kappa shape index (κ3) is 4.57. The number of alkyl halides is 2. The zero-order valence-electron chi connectivity index (χ0n) is 13.5. The topological polar surface area (TPSA) is 57.6 Å². The maximum absolute atomic E-state index is 12.7. The zero-order chi connectivity index (χ0) is 18.7. The second-order valence-electron chi connectivity index (χ2n) is 5.90. The van der Waals surface area contributed by atoms with Gasteiger partial charge < -0.3 is 5.11 Å². The predicted molar refractivity (Wildman–Crippen MR) is 91.6 cm³/mol. The van der Waals surface area contributed by atoms with Gasteiger partial charge in [-0.3, -0.25) is 14.5 Å². The van der Waals surface area contributed by atoms with Gasteiger partial charge >= 0.3 is 0 Å². The first-order valence-electron chi connectivity index (χ1n) is 7.66. The molecule has 25 heavy (non-hydrogen) atoms. The van der Waals surface area contributed by atoms with Crippen LogP contribution in [-0.4, -0.2) is 41.6 Å². The number of ketones is 2. The standard InChI is InChI=1S/C17H17Cl2F2NO3/c1-22(8-14(20)21)7-10-11(18)6-5-9(16(10)19)17(25)15-12(23)3-2-4-13(15)24/h5-6,14,23H,2-4,7-8H2,1H3. The Hall–Kier alpha value is -1.50. The van der Waals surface area contributed by atoms with Gasteiger partial charge in [0, 0.05) is 35.5 Å². The Morgan fingerprint density at radius 3 is 2.60 bits per heavy atom. The maximum Gasteiger partial charge on any atom is 0.251 e. The van der Waals surface area contributed by atoms with Crippen LogP contribution in [0.25, 0.3) is 0 Å². The molecule has 0 aromatic heterocycles. The molecule has 0 radical (unpaired) electrons. The van der Waals surface area contributed by atoms with Gasteiger partial charge in [-0.15, -0.1) is 0 Å². The van der Waals surface area contributed by atoms with Crippen molar-refractivity contribution in [2.24, 2.45) is 0 Å². The summed E-state index contributed by atoms with van der Waals surface area (Å²) in [6, 6.07) is 2.79. The molecule has 0 atom stereocenters. The van der Waals surface area contributed by atoms with E-state index in [0.29, 0.717) is 12.0 Å². The number of benzene rings is 1. The van der Waals surface area contributed by atoms with E-state index in [0.717, 1.165) is 0 Å². The molecule has 0 amide bonds. The van der Waals surface area contributed by atoms with Crippen molar-refractivity contribution in [2.45, 2.75) is 32.2 Å². The Balaban J connectivity index is 2.38. The first kappa shape index (κ1) is 19.8. The van der Waals surface area contributed by atoms with Gasteiger partial charge in [0.05, 0.1) is 11.6 Å². The molecule has 1 aromatic carbocycles. The Morgan fingerprint density at radius 1 is 1.32 bits per heavy atom. The molecule has 0 bridgehead atoms. The molecular weight excluding hydrogens is 375 g/mol. The summed E-state index contributed by atoms with van der Waals surface area (Å²) >= 11 is 12.4. The fourth-order valence-corrected chi connectivity index (χ4v) is 3.28. The van der Waals surface area contributed by atoms with Crippen molar-refractivity contribution in [2.75, 3.05) is 13.6 Å². The third-order valence-corrected chi connectivity index (χ3v) is 4.71. The predicted octanol–water partition coefficient (Wildman–Crippen LogP) is 4.44. The van der Waals surface area contributed by atoms with Crippen LogP contribution < -0.4 is 0 Å². The second-order valence-corrected chi connectivity index (χ2v) is 6.69. The van der Waals surface area contributed by atoms with E-state index >= 15 is 0 Å². The summed E-state index contributed by atoms with van der Waals surface area (Å²) < 4.78 is 25.0. The summed E-state index contributed by atoms with van der Waals surface area (Å²) in [5.74, 6) is -1.36. The number of aliphatic hydroxyl groups excluding tert-OH is 1. The zero-order valence-corrected chi connectivity index (χ0v) is 15.0. The summed E-state index contributed by atoms with van der Waals surface area (Å²) in [5.41, 5.74) is 0.0753. The number of hydrogen-bond acceptors (Lipinski definition) is 4. The van der Waals surface area contributed by atoms with Crippen LogP contribution in [0, 0.1) is 0 Å². The molecule has 2 rings (SSSR count). The quantitative estimate of drug-likeness (QED) is 0.575. The average molecular weight is 392 g/mol. The minimum absolute atomic E-state index is 0.00251. The van der Waals surface area contributed by atoms with E-state index in [4.69, 9.17) is 23.2 Å². The minimum Gasteiger partial charge on any atom is -0.511 e. The molecule has 1 aliphatic carbocycles. The number of carbonyl (C=O) groups excluding carboxylic acids is 2. The van der Waals surface area contributed by atoms with Crippen molar-refractivity contribution in [1.82, 2.24) is 4.90 Å². The van der Waals surface area contributed by atoms with Gasteiger partial charge in [-0.25, -0.2) is 8.78 Å². The summed E-state index contributed by atoms with van der Waals surface area (Å²) in [7, 11) is 1.48. The fourth-order valence-electron chi connectivity index (χ4n) is 2.71. The normalized spacial score (nSPS) is 15.4. The Bertz CT molecular complexity index is 735. The molecule has 0 aliphatic heterocycles. The van der Waals surface area contributed by atoms with Crippen LogP contribution in [0.3, 0.4) is 0 Å². The van der Waals surface area contributed by atoms with Crippen LogP contribution in [0.4, 0.5) is 8.78 Å². The summed E-state index contributed by atoms with van der Waals surface area (Å²) in [5, 5.41) is 10.1. The van der Waals surface area contributed by atoms with Gasteiger partial charge in [0.1, 0.15) is 11.3 Å². The largest absolute Gasteiger partial charge is 0.511 e. The Morgan fingerprint density at radius 2 is 2.00 bits per heavy atom. The first-order chi connectivity index (χ1) is 11.7. The lowest BCUT2D eigenvalue weighted by Crippen LogP contribution is -2.25. The molecular formula is C17H17Cl2F2NO3. The molecule has 0 saturated heterocycles. The van der Waals surface area contributed by atoms with Gasteiger partial charge in [0.25, 0.3) is 6.43 Å². The van der Waals surface area contributed by atoms with E-state index in [2.05, 4.69) is 0 Å². The van der Waals surface area contributed by atoms with Crippen LogP contribution in [-0.2, 0) is 11.3 Å². The van der Waals surface area contributed by atoms with Crippen LogP contribution in [0.2, 0.25) is 10.0 Å². The number of nitrogens with zero attached hydrogens (tertiary/aromatic N) is 1. The van der Waals surface area contributed by atoms with Crippen molar-refractivity contribution in [3.63, 3.8) is 0 Å². The summed E-state index contributed by atoms with van der Waals surface area (Å²) in [6.45, 7) is -0.461. The highest BCUT2D eigenvalue weighted by molar-refractivity contribution is 6.40. The van der Waals surface area contributed by atoms with Crippen molar-refractivity contribution in [3.05, 3.63) is 44.6 Å². The highest BCUT2D eigenvalue weighted by atomic mass is 35.5. The molecule has 0 spiro atoms. The van der Waals surface area contributed by atoms with E-state index in [1.807, 2.05) is 0 Å². The molecule has 1 aliphatic rings. The van der Waals surface area contributed by atoms with Crippen molar-refractivity contribution in [3.8, 4) is 0 Å². The lowest BCUT2D eigenvalue weighted by molar-refractivity contribution is -0.116. The van der Waals surface area contributed by atoms with Crippen molar-refractivity contribution >= 4 is 34.8 Å². The summed E-state index contributed by atoms with van der Waals surface area (Å²) in [4.78, 5) is 26.0. The molecule has 4 nitrogen and oxygen atoms in total. The molecule has 8 heteroatoms. The van der Waals surface area contributed by atoms with E-state index in [1.54, 1.807) is 0 Å². The van der Waals surface area contributed by atoms with Crippen molar-refractivity contribution < 1.29 is 23.5 Å². The number of carbonyl (C=O) groups is 2. The number of allylic oxidation sites excluding steroid dienone is 2. The van der Waals surface area contributed by atoms with Crippen LogP contribution in [0.15, 0.2) is 23.5 Å². The van der Waals surface area contributed by atoms with Gasteiger partial charge in [-0.1, -0.05) is 23.2 Å². The minimum atomic E-state index is -2.52. The van der Waals surface area contributed by atoms with Crippen molar-refractivity contribution in [1.29, 1.82) is 0 Å². The number of hydrogen-bond donors (Lipinski definition) is 1. The van der Waals surface area contributed by atoms with E-state index < -0.39 is 24.5 Å². The lowest BCUT2D eigenvalue weighted by atomic mass is 9.90. The average Bonchev–Trinajstić information content (AvgIpc) is 2.50. The monoisotopic (exact) mass is 391 g/mol. The number of aliphatic hydroxyl groups is 1. The number of rotatable bonds is 6. The van der Waals surface area contributed by atoms with Crippen LogP contribution >= 0.6 is 23.2 Å². The Labute approximate surface area is 154 Å². The highest BCUT2D eigenvalue weighted by Gasteiger charge is 2.29. The highest BCUT2D eigenvalue weighted by Crippen LogP contribution is 2.32. The molecule has 0 saturated carbocycles. The molecule has 0 heterocycles. The number of Topliss-reactive ketones (excluding diaryl/α,β-unsaturated/α-hetero) is 2. The number of halogens is 4. The molecule has 0 fully saturated rings. The Kier molecular flexibility index (Phi) is 6.54. The third-order valence-electron chi connectivity index (χ3n) is 3.92. The van der Waals surface area contributed by atoms with E-state index in [1.165, 1.54) is 24.1 Å². The van der Waals surface area contributed by atoms with Gasteiger partial charge in [-0.2, -0.15) is 0 Å². The maximum atomic E-state index is 12.7. The van der Waals surface area contributed by atoms with Gasteiger partial charge in [-0.05, 0) is 25.6 Å². The lowest BCUT2D eigenvalue weighted by Gasteiger charge is -2.20. The summed E-state index contributed by atoms with van der Waals surface area (Å²) in [6.07, 6.45) is -1.60.